The van der Waals surface area contributed by atoms with Gasteiger partial charge >= 0.3 is 5.97 Å². The van der Waals surface area contributed by atoms with Crippen LogP contribution in [0.1, 0.15) is 36.5 Å². The molecule has 1 amide bonds. The highest BCUT2D eigenvalue weighted by Crippen LogP contribution is 2.30. The number of carbonyl (C=O) groups excluding carboxylic acids is 2. The van der Waals surface area contributed by atoms with Gasteiger partial charge in [0.25, 0.3) is 11.6 Å². The van der Waals surface area contributed by atoms with E-state index in [4.69, 9.17) is 4.74 Å². The van der Waals surface area contributed by atoms with Crippen LogP contribution in [0.5, 0.6) is 0 Å². The lowest BCUT2D eigenvalue weighted by Crippen LogP contribution is -2.47. The van der Waals surface area contributed by atoms with Crippen molar-refractivity contribution in [2.24, 2.45) is 4.99 Å². The maximum Gasteiger partial charge on any atom is 0.305 e. The minimum Gasteiger partial charge on any atom is -0.466 e. The third kappa shape index (κ3) is 6.41. The number of para-hydroxylation sites is 1. The Bertz CT molecular complexity index is 1570. The largest absolute Gasteiger partial charge is 0.466 e. The smallest absolute Gasteiger partial charge is 0.305 e. The number of carbonyl (C=O) groups is 2. The molecular formula is C28H28N4O7S. The Morgan fingerprint density at radius 1 is 1.10 bits per heavy atom. The minimum absolute atomic E-state index is 0.0476. The van der Waals surface area contributed by atoms with Crippen LogP contribution in [0.25, 0.3) is 0 Å². The number of hydrogen-bond acceptors (Lipinski definition) is 8. The zero-order chi connectivity index (χ0) is 28.9. The third-order valence-corrected chi connectivity index (χ3v) is 7.63. The number of benzene rings is 3. The van der Waals surface area contributed by atoms with E-state index in [0.29, 0.717) is 16.8 Å². The summed E-state index contributed by atoms with van der Waals surface area (Å²) in [5.41, 5.74) is 2.12. The number of anilines is 1. The molecule has 0 spiro atoms. The molecule has 1 atom stereocenters. The fourth-order valence-corrected chi connectivity index (χ4v) is 5.36. The van der Waals surface area contributed by atoms with E-state index in [1.54, 1.807) is 49.4 Å². The molecule has 0 saturated heterocycles. The predicted octanol–water partition coefficient (Wildman–Crippen LogP) is 3.74. The van der Waals surface area contributed by atoms with E-state index >= 15 is 0 Å². The first kappa shape index (κ1) is 28.6. The number of nitrogens with one attached hydrogen (secondary N) is 1. The van der Waals surface area contributed by atoms with Gasteiger partial charge in [0, 0.05) is 36.2 Å². The lowest BCUT2D eigenvalue weighted by Gasteiger charge is -2.25. The van der Waals surface area contributed by atoms with Crippen molar-refractivity contribution >= 4 is 39.0 Å². The van der Waals surface area contributed by atoms with Gasteiger partial charge in [0.2, 0.25) is 10.0 Å². The highest BCUT2D eigenvalue weighted by molar-refractivity contribution is 7.89. The van der Waals surface area contributed by atoms with Crippen molar-refractivity contribution in [3.63, 3.8) is 0 Å². The number of aryl methyl sites for hydroxylation is 1. The summed E-state index contributed by atoms with van der Waals surface area (Å²) in [5.74, 6) is -1.07. The predicted molar refractivity (Wildman–Crippen MR) is 149 cm³/mol. The van der Waals surface area contributed by atoms with Gasteiger partial charge in [-0.1, -0.05) is 48.0 Å². The molecule has 3 aromatic rings. The van der Waals surface area contributed by atoms with Gasteiger partial charge in [-0.3, -0.25) is 24.7 Å². The molecule has 12 heteroatoms. The third-order valence-electron chi connectivity index (χ3n) is 6.20. The SMILES string of the molecule is CCOC(=O)CCCN1C(=O)C(NS(=O)(=O)c2ccc(C)cc2)N=C(c2cccc([N+](=O)[O-])c2)c2ccccc21. The normalized spacial score (nSPS) is 15.2. The molecule has 1 unspecified atom stereocenters. The van der Waals surface area contributed by atoms with Crippen LogP contribution in [-0.2, 0) is 24.3 Å². The van der Waals surface area contributed by atoms with E-state index in [2.05, 4.69) is 9.71 Å². The Kier molecular flexibility index (Phi) is 8.70. The molecule has 3 aromatic carbocycles. The summed E-state index contributed by atoms with van der Waals surface area (Å²) in [4.78, 5) is 42.6. The topological polar surface area (TPSA) is 148 Å². The summed E-state index contributed by atoms with van der Waals surface area (Å²) in [6.45, 7) is 3.83. The molecule has 11 nitrogen and oxygen atoms in total. The first-order valence-electron chi connectivity index (χ1n) is 12.6. The van der Waals surface area contributed by atoms with Crippen molar-refractivity contribution < 1.29 is 27.7 Å². The average Bonchev–Trinajstić information content (AvgIpc) is 3.04. The van der Waals surface area contributed by atoms with E-state index in [1.165, 1.54) is 35.2 Å². The minimum atomic E-state index is -4.19. The van der Waals surface area contributed by atoms with Gasteiger partial charge in [-0.25, -0.2) is 8.42 Å². The van der Waals surface area contributed by atoms with E-state index in [0.717, 1.165) is 5.56 Å². The number of aliphatic imine (C=N–C) groups is 1. The Labute approximate surface area is 231 Å². The van der Waals surface area contributed by atoms with Gasteiger partial charge in [-0.05, 0) is 38.5 Å². The number of benzodiazepines with no additional fused rings is 1. The molecule has 1 heterocycles. The number of amides is 1. The summed E-state index contributed by atoms with van der Waals surface area (Å²) in [5, 5.41) is 11.5. The van der Waals surface area contributed by atoms with Crippen molar-refractivity contribution in [1.29, 1.82) is 0 Å². The molecular weight excluding hydrogens is 536 g/mol. The van der Waals surface area contributed by atoms with Crippen molar-refractivity contribution in [3.05, 3.63) is 99.6 Å². The number of non-ortho nitro benzene ring substituents is 1. The molecule has 208 valence electrons. The van der Waals surface area contributed by atoms with Crippen LogP contribution < -0.4 is 9.62 Å². The van der Waals surface area contributed by atoms with Crippen LogP contribution in [0.4, 0.5) is 11.4 Å². The molecule has 4 rings (SSSR count). The number of esters is 1. The van der Waals surface area contributed by atoms with Crippen molar-refractivity contribution in [3.8, 4) is 0 Å². The molecule has 1 aliphatic rings. The quantitative estimate of drug-likeness (QED) is 0.224. The second-order valence-corrected chi connectivity index (χ2v) is 10.8. The highest BCUT2D eigenvalue weighted by Gasteiger charge is 2.35. The van der Waals surface area contributed by atoms with Crippen LogP contribution in [0.2, 0.25) is 0 Å². The number of fused-ring (bicyclic) bond motifs is 1. The van der Waals surface area contributed by atoms with Gasteiger partial charge < -0.3 is 9.64 Å². The number of nitro groups is 1. The van der Waals surface area contributed by atoms with Crippen LogP contribution in [-0.4, -0.2) is 50.2 Å². The van der Waals surface area contributed by atoms with Gasteiger partial charge in [0.1, 0.15) is 0 Å². The van der Waals surface area contributed by atoms with E-state index in [9.17, 15) is 28.1 Å². The Balaban J connectivity index is 1.81. The monoisotopic (exact) mass is 564 g/mol. The molecule has 0 bridgehead atoms. The van der Waals surface area contributed by atoms with Gasteiger partial charge in [0.15, 0.2) is 6.17 Å². The first-order chi connectivity index (χ1) is 19.1. The number of ether oxygens (including phenoxy) is 1. The van der Waals surface area contributed by atoms with Crippen molar-refractivity contribution in [2.45, 2.75) is 37.8 Å². The van der Waals surface area contributed by atoms with Gasteiger partial charge in [-0.2, -0.15) is 4.72 Å². The lowest BCUT2D eigenvalue weighted by atomic mass is 9.99. The van der Waals surface area contributed by atoms with E-state index in [1.807, 2.05) is 6.92 Å². The Morgan fingerprint density at radius 3 is 2.52 bits per heavy atom. The zero-order valence-electron chi connectivity index (χ0n) is 21.9. The highest BCUT2D eigenvalue weighted by atomic mass is 32.2. The van der Waals surface area contributed by atoms with E-state index < -0.39 is 33.0 Å². The maximum absolute atomic E-state index is 13.9. The van der Waals surface area contributed by atoms with Crippen LogP contribution >= 0.6 is 0 Å². The average molecular weight is 565 g/mol. The second-order valence-electron chi connectivity index (χ2n) is 9.04. The number of rotatable bonds is 10. The van der Waals surface area contributed by atoms with Crippen LogP contribution in [0, 0.1) is 17.0 Å². The van der Waals surface area contributed by atoms with Crippen LogP contribution in [0.15, 0.2) is 82.7 Å². The Morgan fingerprint density at radius 2 is 1.82 bits per heavy atom. The Hall–Kier alpha value is -4.42. The molecule has 0 fully saturated rings. The van der Waals surface area contributed by atoms with Gasteiger partial charge in [0.05, 0.1) is 27.8 Å². The molecule has 40 heavy (non-hydrogen) atoms. The fraction of sp³-hybridized carbons (Fsp3) is 0.250. The molecule has 1 N–H and O–H groups in total. The summed E-state index contributed by atoms with van der Waals surface area (Å²) in [6, 6.07) is 18.7. The molecule has 0 aliphatic carbocycles. The summed E-state index contributed by atoms with van der Waals surface area (Å²) in [7, 11) is -4.19. The number of sulfonamides is 1. The lowest BCUT2D eigenvalue weighted by molar-refractivity contribution is -0.384. The maximum atomic E-state index is 13.9. The second kappa shape index (κ2) is 12.2. The van der Waals surface area contributed by atoms with Crippen molar-refractivity contribution in [2.75, 3.05) is 18.1 Å². The summed E-state index contributed by atoms with van der Waals surface area (Å²) in [6.07, 6.45) is -1.28. The summed E-state index contributed by atoms with van der Waals surface area (Å²) >= 11 is 0. The van der Waals surface area contributed by atoms with Crippen LogP contribution in [0.3, 0.4) is 0 Å². The molecule has 0 radical (unpaired) electrons. The van der Waals surface area contributed by atoms with Gasteiger partial charge in [-0.15, -0.1) is 0 Å². The molecule has 1 aliphatic heterocycles. The zero-order valence-corrected chi connectivity index (χ0v) is 22.8. The molecule has 0 aromatic heterocycles. The summed E-state index contributed by atoms with van der Waals surface area (Å²) < 4.78 is 34.0. The molecule has 0 saturated carbocycles. The standard InChI is InChI=1S/C28H28N4O7S/c1-3-39-25(33)12-7-17-31-24-11-5-4-10-23(24)26(20-8-6-9-21(18-20)32(35)36)29-27(28(31)34)30-40(37,38)22-15-13-19(2)14-16-22/h4-6,8-11,13-16,18,27,30H,3,7,12,17H2,1-2H3. The number of nitrogens with zero attached hydrogens (tertiary/aromatic N) is 3. The fourth-order valence-electron chi connectivity index (χ4n) is 4.28. The number of nitro benzene ring substituents is 1. The van der Waals surface area contributed by atoms with Crippen molar-refractivity contribution in [1.82, 2.24) is 4.72 Å². The number of hydrogen-bond donors (Lipinski definition) is 1. The van der Waals surface area contributed by atoms with E-state index in [-0.39, 0.29) is 42.3 Å². The first-order valence-corrected chi connectivity index (χ1v) is 14.1.